The quantitative estimate of drug-likeness (QED) is 0.0352. The Kier molecular flexibility index (Phi) is 10.3. The lowest BCUT2D eigenvalue weighted by Gasteiger charge is -2.38. The van der Waals surface area contributed by atoms with E-state index in [9.17, 15) is 21.6 Å². The molecule has 248 valence electrons. The first kappa shape index (κ1) is 35.8. The summed E-state index contributed by atoms with van der Waals surface area (Å²) in [4.78, 5) is 4.53. The molecule has 4 rings (SSSR count). The zero-order valence-electron chi connectivity index (χ0n) is 26.5. The van der Waals surface area contributed by atoms with Gasteiger partial charge in [0.1, 0.15) is 8.07 Å². The third-order valence-corrected chi connectivity index (χ3v) is 15.5. The molecule has 0 aliphatic rings. The van der Waals surface area contributed by atoms with E-state index in [0.717, 1.165) is 12.1 Å². The van der Waals surface area contributed by atoms with E-state index in [-0.39, 0.29) is 28.0 Å². The molecule has 0 bridgehead atoms. The molecule has 0 saturated carbocycles. The maximum atomic E-state index is 15.6. The predicted molar refractivity (Wildman–Crippen MR) is 176 cm³/mol. The van der Waals surface area contributed by atoms with Crippen molar-refractivity contribution >= 4 is 40.4 Å². The van der Waals surface area contributed by atoms with Gasteiger partial charge in [-0.3, -0.25) is 0 Å². The van der Waals surface area contributed by atoms with E-state index < -0.39 is 63.2 Å². The summed E-state index contributed by atoms with van der Waals surface area (Å²) in [5.41, 5.74) is -2.40. The summed E-state index contributed by atoms with van der Waals surface area (Å²) in [6.45, 7) is 11.7. The first-order valence-electron chi connectivity index (χ1n) is 14.8. The highest BCUT2D eigenvalue weighted by molar-refractivity contribution is 7.88. The van der Waals surface area contributed by atoms with E-state index in [1.807, 2.05) is 41.5 Å². The molecule has 0 unspecified atom stereocenters. The highest BCUT2D eigenvalue weighted by atomic mass is 32.2. The maximum absolute atomic E-state index is 15.6. The normalized spacial score (nSPS) is 12.4. The molecule has 0 aliphatic carbocycles. The van der Waals surface area contributed by atoms with Gasteiger partial charge in [0.25, 0.3) is 0 Å². The largest absolute Gasteiger partial charge is 0.534 e. The van der Waals surface area contributed by atoms with Crippen LogP contribution in [0.1, 0.15) is 58.2 Å². The van der Waals surface area contributed by atoms with Gasteiger partial charge in [0.15, 0.2) is 23.2 Å². The van der Waals surface area contributed by atoms with Crippen LogP contribution in [0.15, 0.2) is 77.8 Å². The van der Waals surface area contributed by atoms with E-state index in [4.69, 9.17) is 0 Å². The Labute approximate surface area is 271 Å². The van der Waals surface area contributed by atoms with Crippen LogP contribution >= 0.6 is 0 Å². The number of aliphatic imine (C=N–C) groups is 1. The van der Waals surface area contributed by atoms with Crippen molar-refractivity contribution in [1.82, 2.24) is 0 Å². The molecule has 0 aromatic heterocycles. The summed E-state index contributed by atoms with van der Waals surface area (Å²) in [6, 6.07) is 19.0. The van der Waals surface area contributed by atoms with E-state index in [1.165, 1.54) is 0 Å². The van der Waals surface area contributed by atoms with Crippen LogP contribution in [0, 0.1) is 28.9 Å². The lowest BCUT2D eigenvalue weighted by atomic mass is 10.00. The van der Waals surface area contributed by atoms with Gasteiger partial charge in [-0.25, -0.2) is 18.2 Å². The molecule has 0 saturated heterocycles. The molecule has 47 heavy (non-hydrogen) atoms. The van der Waals surface area contributed by atoms with Gasteiger partial charge in [-0.2, -0.15) is 21.6 Å². The van der Waals surface area contributed by atoms with Crippen LogP contribution in [-0.4, -0.2) is 27.7 Å². The van der Waals surface area contributed by atoms with Gasteiger partial charge in [0.2, 0.25) is 0 Å². The number of halogens is 6. The topological polar surface area (TPSA) is 55.7 Å². The molecular weight excluding hydrogens is 657 g/mol. The van der Waals surface area contributed by atoms with Gasteiger partial charge < -0.3 is 4.18 Å². The third-order valence-electron chi connectivity index (χ3n) is 8.27. The summed E-state index contributed by atoms with van der Waals surface area (Å²) in [6.07, 6.45) is 0. The molecule has 0 N–H and O–H groups in total. The highest BCUT2D eigenvalue weighted by Gasteiger charge is 2.49. The molecule has 0 fully saturated rings. The Morgan fingerprint density at radius 1 is 0.766 bits per heavy atom. The van der Waals surface area contributed by atoms with Crippen molar-refractivity contribution < 1.29 is 38.9 Å². The van der Waals surface area contributed by atoms with Gasteiger partial charge in [0, 0.05) is 28.0 Å². The van der Waals surface area contributed by atoms with Crippen LogP contribution < -0.4 is 4.18 Å². The number of alkyl halides is 3. The molecule has 0 aliphatic heterocycles. The molecule has 0 heterocycles. The smallest absolute Gasteiger partial charge is 0.375 e. The Hall–Kier alpha value is -4.08. The fourth-order valence-corrected chi connectivity index (χ4v) is 11.8. The number of nitrogens with zero attached hydrogens (tertiary/aromatic N) is 1. The second-order valence-corrected chi connectivity index (χ2v) is 19.1. The van der Waals surface area contributed by atoms with Gasteiger partial charge in [-0.05, 0) is 22.7 Å². The Morgan fingerprint density at radius 2 is 1.26 bits per heavy atom. The number of hydrogen-bond donors (Lipinski definition) is 0. The lowest BCUT2D eigenvalue weighted by Crippen LogP contribution is -2.43. The fourth-order valence-electron chi connectivity index (χ4n) is 6.10. The van der Waals surface area contributed by atoms with Crippen LogP contribution in [0.4, 0.5) is 32.0 Å². The Balaban J connectivity index is 2.16. The second kappa shape index (κ2) is 13.6. The Morgan fingerprint density at radius 3 is 1.70 bits per heavy atom. The van der Waals surface area contributed by atoms with Crippen molar-refractivity contribution in [3.63, 3.8) is 0 Å². The standard InChI is InChI=1S/C35H33F6NO3SSi/c1-21(2)47(22(3)4,23(5)6)18-17-27-30-28(32(37)33(38)31(27)36)19-26(20-29(30)45-46(43,44)35(39,40)41)42-34(24-13-9-7-10-14-24)25-15-11-8-12-16-25/h7-16,19-23H,1-6H3. The minimum atomic E-state index is -6.35. The van der Waals surface area contributed by atoms with Crippen molar-refractivity contribution in [3.8, 4) is 17.2 Å². The molecule has 0 amide bonds. The molecule has 0 atom stereocenters. The van der Waals surface area contributed by atoms with E-state index in [2.05, 4.69) is 20.6 Å². The molecule has 4 aromatic carbocycles. The molecular formula is C35H33F6NO3SSi. The Bertz CT molecular complexity index is 1920. The van der Waals surface area contributed by atoms with Gasteiger partial charge in [0.05, 0.1) is 17.0 Å². The molecule has 0 spiro atoms. The lowest BCUT2D eigenvalue weighted by molar-refractivity contribution is -0.0499. The summed E-state index contributed by atoms with van der Waals surface area (Å²) in [7, 11) is -9.01. The van der Waals surface area contributed by atoms with Gasteiger partial charge in [-0.1, -0.05) is 108 Å². The van der Waals surface area contributed by atoms with Crippen molar-refractivity contribution in [2.75, 3.05) is 0 Å². The van der Waals surface area contributed by atoms with Crippen molar-refractivity contribution in [2.45, 2.75) is 63.7 Å². The first-order valence-corrected chi connectivity index (χ1v) is 18.4. The van der Waals surface area contributed by atoms with Gasteiger partial charge >= 0.3 is 15.6 Å². The highest BCUT2D eigenvalue weighted by Crippen LogP contribution is 2.43. The molecule has 4 nitrogen and oxygen atoms in total. The maximum Gasteiger partial charge on any atom is 0.534 e. The average Bonchev–Trinajstić information content (AvgIpc) is 3.00. The molecule has 4 aromatic rings. The van der Waals surface area contributed by atoms with Crippen molar-refractivity contribution in [3.05, 3.63) is 107 Å². The van der Waals surface area contributed by atoms with Crippen molar-refractivity contribution in [1.29, 1.82) is 0 Å². The van der Waals surface area contributed by atoms with E-state index >= 15 is 13.2 Å². The SMILES string of the molecule is CC(C)[Si](C#Cc1c(F)c(F)c(F)c2cc(N=C(c3ccccc3)c3ccccc3)cc(OS(=O)(=O)C(F)(F)F)c12)(C(C)C)C(C)C. The first-order chi connectivity index (χ1) is 21.9. The monoisotopic (exact) mass is 689 g/mol. The van der Waals surface area contributed by atoms with Crippen LogP contribution in [-0.2, 0) is 10.1 Å². The number of fused-ring (bicyclic) bond motifs is 1. The van der Waals surface area contributed by atoms with E-state index in [1.54, 1.807) is 60.7 Å². The van der Waals surface area contributed by atoms with Crippen LogP contribution in [0.2, 0.25) is 16.6 Å². The third kappa shape index (κ3) is 6.97. The summed E-state index contributed by atoms with van der Waals surface area (Å²) in [5, 5.41) is -1.52. The second-order valence-electron chi connectivity index (χ2n) is 12.0. The van der Waals surface area contributed by atoms with Crippen LogP contribution in [0.5, 0.6) is 5.75 Å². The van der Waals surface area contributed by atoms with Crippen LogP contribution in [0.25, 0.3) is 10.8 Å². The number of benzene rings is 4. The van der Waals surface area contributed by atoms with E-state index in [0.29, 0.717) is 11.1 Å². The molecule has 12 heteroatoms. The average molecular weight is 690 g/mol. The van der Waals surface area contributed by atoms with Crippen molar-refractivity contribution in [2.24, 2.45) is 4.99 Å². The minimum Gasteiger partial charge on any atom is -0.375 e. The fraction of sp³-hybridized carbons (Fsp3) is 0.286. The summed E-state index contributed by atoms with van der Waals surface area (Å²) < 4.78 is 116. The van der Waals surface area contributed by atoms with Crippen LogP contribution in [0.3, 0.4) is 0 Å². The number of rotatable bonds is 8. The number of hydrogen-bond acceptors (Lipinski definition) is 4. The molecule has 0 radical (unpaired) electrons. The summed E-state index contributed by atoms with van der Waals surface area (Å²) >= 11 is 0. The minimum absolute atomic E-state index is 0.0197. The zero-order valence-corrected chi connectivity index (χ0v) is 28.3. The zero-order chi connectivity index (χ0) is 34.9. The summed E-state index contributed by atoms with van der Waals surface area (Å²) in [5.74, 6) is -3.95. The van der Waals surface area contributed by atoms with Gasteiger partial charge in [-0.15, -0.1) is 5.54 Å². The predicted octanol–water partition coefficient (Wildman–Crippen LogP) is 10.2.